The first-order valence-electron chi connectivity index (χ1n) is 5.91. The van der Waals surface area contributed by atoms with E-state index in [0.717, 1.165) is 15.6 Å². The molecule has 104 valence electrons. The minimum Gasteiger partial charge on any atom is -0.480 e. The van der Waals surface area contributed by atoms with Gasteiger partial charge in [-0.15, -0.1) is 0 Å². The molecular formula is C14H18BrNO3. The summed E-state index contributed by atoms with van der Waals surface area (Å²) in [5.74, 6) is -1.23. The zero-order chi connectivity index (χ0) is 14.8. The van der Waals surface area contributed by atoms with Crippen LogP contribution in [0.5, 0.6) is 0 Å². The molecule has 1 amide bonds. The Labute approximate surface area is 121 Å². The molecule has 1 aromatic rings. The molecule has 0 aliphatic carbocycles. The van der Waals surface area contributed by atoms with Crippen molar-refractivity contribution in [2.75, 3.05) is 7.05 Å². The van der Waals surface area contributed by atoms with Crippen molar-refractivity contribution >= 4 is 27.8 Å². The Morgan fingerprint density at radius 1 is 1.37 bits per heavy atom. The molecule has 5 heteroatoms. The average molecular weight is 328 g/mol. The zero-order valence-electron chi connectivity index (χ0n) is 11.5. The molecule has 0 heterocycles. The lowest BCUT2D eigenvalue weighted by atomic mass is 10.0. The highest BCUT2D eigenvalue weighted by atomic mass is 79.9. The Morgan fingerprint density at radius 3 is 2.42 bits per heavy atom. The lowest BCUT2D eigenvalue weighted by Gasteiger charge is -2.31. The molecule has 0 radical (unpaired) electrons. The van der Waals surface area contributed by atoms with Crippen LogP contribution in [0, 0.1) is 6.92 Å². The number of halogens is 1. The second-order valence-corrected chi connectivity index (χ2v) is 5.98. The number of amides is 1. The third-order valence-electron chi connectivity index (χ3n) is 3.38. The number of likely N-dealkylation sites (N-methyl/N-ethyl adjacent to an activating group) is 1. The van der Waals surface area contributed by atoms with Crippen LogP contribution in [0.3, 0.4) is 0 Å². The summed E-state index contributed by atoms with van der Waals surface area (Å²) in [7, 11) is 1.52. The average Bonchev–Trinajstić information content (AvgIpc) is 2.31. The van der Waals surface area contributed by atoms with Crippen LogP contribution < -0.4 is 0 Å². The molecule has 4 nitrogen and oxygen atoms in total. The molecule has 0 atom stereocenters. The molecule has 1 aromatic carbocycles. The fourth-order valence-electron chi connectivity index (χ4n) is 1.59. The molecule has 0 spiro atoms. The molecule has 0 unspecified atom stereocenters. The number of hydrogen-bond acceptors (Lipinski definition) is 2. The maximum Gasteiger partial charge on any atom is 0.329 e. The van der Waals surface area contributed by atoms with E-state index in [1.807, 2.05) is 25.1 Å². The highest BCUT2D eigenvalue weighted by molar-refractivity contribution is 9.10. The van der Waals surface area contributed by atoms with E-state index in [1.165, 1.54) is 25.8 Å². The van der Waals surface area contributed by atoms with Crippen LogP contribution in [0.1, 0.15) is 25.0 Å². The number of rotatable bonds is 4. The van der Waals surface area contributed by atoms with E-state index in [-0.39, 0.29) is 12.3 Å². The Bertz CT molecular complexity index is 511. The van der Waals surface area contributed by atoms with Gasteiger partial charge in [-0.1, -0.05) is 22.0 Å². The van der Waals surface area contributed by atoms with Crippen molar-refractivity contribution in [3.8, 4) is 0 Å². The maximum absolute atomic E-state index is 12.2. The van der Waals surface area contributed by atoms with Gasteiger partial charge in [-0.3, -0.25) is 4.79 Å². The van der Waals surface area contributed by atoms with Crippen LogP contribution in [0.4, 0.5) is 0 Å². The topological polar surface area (TPSA) is 57.6 Å². The van der Waals surface area contributed by atoms with E-state index < -0.39 is 11.5 Å². The number of carbonyl (C=O) groups is 2. The Balaban J connectivity index is 2.88. The maximum atomic E-state index is 12.2. The summed E-state index contributed by atoms with van der Waals surface area (Å²) in [6, 6.07) is 5.68. The fourth-order valence-corrected chi connectivity index (χ4v) is 2.07. The second kappa shape index (κ2) is 5.74. The lowest BCUT2D eigenvalue weighted by molar-refractivity contribution is -0.155. The van der Waals surface area contributed by atoms with E-state index in [1.54, 1.807) is 0 Å². The summed E-state index contributed by atoms with van der Waals surface area (Å²) < 4.78 is 0.959. The van der Waals surface area contributed by atoms with Crippen molar-refractivity contribution < 1.29 is 14.7 Å². The van der Waals surface area contributed by atoms with Crippen molar-refractivity contribution in [1.82, 2.24) is 4.90 Å². The number of nitrogens with zero attached hydrogens (tertiary/aromatic N) is 1. The van der Waals surface area contributed by atoms with Gasteiger partial charge in [0.25, 0.3) is 0 Å². The first-order chi connectivity index (χ1) is 8.66. The molecule has 0 saturated carbocycles. The van der Waals surface area contributed by atoms with Gasteiger partial charge in [0.2, 0.25) is 5.91 Å². The monoisotopic (exact) mass is 327 g/mol. The van der Waals surface area contributed by atoms with E-state index in [0.29, 0.717) is 0 Å². The molecule has 0 aromatic heterocycles. The molecule has 0 bridgehead atoms. The van der Waals surface area contributed by atoms with Crippen molar-refractivity contribution in [3.63, 3.8) is 0 Å². The Hall–Kier alpha value is -1.36. The number of aliphatic carboxylic acids is 1. The highest BCUT2D eigenvalue weighted by Crippen LogP contribution is 2.19. The number of carboxylic acid groups (broad SMARTS) is 1. The molecule has 0 saturated heterocycles. The SMILES string of the molecule is Cc1cc(Br)ccc1CC(=O)N(C)C(C)(C)C(=O)O. The summed E-state index contributed by atoms with van der Waals surface area (Å²) >= 11 is 3.37. The van der Waals surface area contributed by atoms with Gasteiger partial charge in [-0.05, 0) is 44.0 Å². The molecule has 1 N–H and O–H groups in total. The molecule has 19 heavy (non-hydrogen) atoms. The van der Waals surface area contributed by atoms with Crippen molar-refractivity contribution in [1.29, 1.82) is 0 Å². The number of benzene rings is 1. The van der Waals surface area contributed by atoms with Crippen LogP contribution >= 0.6 is 15.9 Å². The van der Waals surface area contributed by atoms with E-state index in [9.17, 15) is 9.59 Å². The Kier molecular flexibility index (Phi) is 4.74. The van der Waals surface area contributed by atoms with Gasteiger partial charge in [-0.2, -0.15) is 0 Å². The third-order valence-corrected chi connectivity index (χ3v) is 3.88. The van der Waals surface area contributed by atoms with E-state index >= 15 is 0 Å². The van der Waals surface area contributed by atoms with Gasteiger partial charge < -0.3 is 10.0 Å². The van der Waals surface area contributed by atoms with Crippen molar-refractivity contribution in [2.45, 2.75) is 32.7 Å². The number of carbonyl (C=O) groups excluding carboxylic acids is 1. The smallest absolute Gasteiger partial charge is 0.329 e. The lowest BCUT2D eigenvalue weighted by Crippen LogP contribution is -2.51. The van der Waals surface area contributed by atoms with Crippen LogP contribution in [0.2, 0.25) is 0 Å². The summed E-state index contributed by atoms with van der Waals surface area (Å²) in [6.45, 7) is 4.96. The standard InChI is InChI=1S/C14H18BrNO3/c1-9-7-11(15)6-5-10(9)8-12(17)16(4)14(2,3)13(18)19/h5-7H,8H2,1-4H3,(H,18,19). The van der Waals surface area contributed by atoms with E-state index in [4.69, 9.17) is 5.11 Å². The van der Waals surface area contributed by atoms with Gasteiger partial charge in [0.15, 0.2) is 0 Å². The fraction of sp³-hybridized carbons (Fsp3) is 0.429. The van der Waals surface area contributed by atoms with Crippen LogP contribution in [0.15, 0.2) is 22.7 Å². The van der Waals surface area contributed by atoms with Crippen molar-refractivity contribution in [2.24, 2.45) is 0 Å². The van der Waals surface area contributed by atoms with Crippen LogP contribution in [-0.2, 0) is 16.0 Å². The quantitative estimate of drug-likeness (QED) is 0.924. The van der Waals surface area contributed by atoms with Gasteiger partial charge in [-0.25, -0.2) is 4.79 Å². The molecular weight excluding hydrogens is 310 g/mol. The predicted molar refractivity (Wildman–Crippen MR) is 77.1 cm³/mol. The summed E-state index contributed by atoms with van der Waals surface area (Å²) in [5.41, 5.74) is 0.700. The normalized spacial score (nSPS) is 11.2. The van der Waals surface area contributed by atoms with Gasteiger partial charge in [0.1, 0.15) is 5.54 Å². The molecule has 0 aliphatic heterocycles. The first kappa shape index (κ1) is 15.7. The van der Waals surface area contributed by atoms with Crippen molar-refractivity contribution in [3.05, 3.63) is 33.8 Å². The van der Waals surface area contributed by atoms with Crippen LogP contribution in [-0.4, -0.2) is 34.5 Å². The minimum absolute atomic E-state index is 0.201. The number of carboxylic acids is 1. The van der Waals surface area contributed by atoms with Crippen LogP contribution in [0.25, 0.3) is 0 Å². The van der Waals surface area contributed by atoms with Gasteiger partial charge in [0.05, 0.1) is 6.42 Å². The number of hydrogen-bond donors (Lipinski definition) is 1. The Morgan fingerprint density at radius 2 is 1.95 bits per heavy atom. The minimum atomic E-state index is -1.21. The summed E-state index contributed by atoms with van der Waals surface area (Å²) in [4.78, 5) is 24.6. The first-order valence-corrected chi connectivity index (χ1v) is 6.70. The summed E-state index contributed by atoms with van der Waals surface area (Å²) in [6.07, 6.45) is 0.201. The second-order valence-electron chi connectivity index (χ2n) is 5.06. The third kappa shape index (κ3) is 3.56. The highest BCUT2D eigenvalue weighted by Gasteiger charge is 2.35. The zero-order valence-corrected chi connectivity index (χ0v) is 13.1. The molecule has 0 fully saturated rings. The summed E-state index contributed by atoms with van der Waals surface area (Å²) in [5, 5.41) is 9.12. The largest absolute Gasteiger partial charge is 0.480 e. The van der Waals surface area contributed by atoms with Gasteiger partial charge in [0, 0.05) is 11.5 Å². The number of aryl methyl sites for hydroxylation is 1. The molecule has 0 aliphatic rings. The predicted octanol–water partition coefficient (Wildman–Crippen LogP) is 2.62. The van der Waals surface area contributed by atoms with E-state index in [2.05, 4.69) is 15.9 Å². The molecule has 1 rings (SSSR count). The van der Waals surface area contributed by atoms with Gasteiger partial charge >= 0.3 is 5.97 Å².